The molecule has 0 aliphatic rings. The van der Waals surface area contributed by atoms with Crippen LogP contribution in [0.4, 0.5) is 0 Å². The average Bonchev–Trinajstić information content (AvgIpc) is 3.11. The van der Waals surface area contributed by atoms with Gasteiger partial charge in [-0.05, 0) is 18.2 Å². The highest BCUT2D eigenvalue weighted by molar-refractivity contribution is 7.99. The van der Waals surface area contributed by atoms with Crippen LogP contribution in [0, 0.1) is 0 Å². The topological polar surface area (TPSA) is 81.8 Å². The zero-order valence-electron chi connectivity index (χ0n) is 14.3. The van der Waals surface area contributed by atoms with Crippen molar-refractivity contribution in [3.8, 4) is 34.1 Å². The molecule has 0 amide bonds. The summed E-state index contributed by atoms with van der Waals surface area (Å²) in [7, 11) is 3.14. The maximum absolute atomic E-state index is 10.8. The second-order valence-electron chi connectivity index (χ2n) is 5.28. The van der Waals surface area contributed by atoms with Crippen LogP contribution >= 0.6 is 11.8 Å². The molecule has 3 rings (SSSR count). The number of thioether (sulfide) groups is 1. The fraction of sp³-hybridized carbons (Fsp3) is 0.158. The number of carboxylic acids is 1. The maximum Gasteiger partial charge on any atom is 0.314 e. The predicted molar refractivity (Wildman–Crippen MR) is 98.8 cm³/mol. The lowest BCUT2D eigenvalue weighted by Crippen LogP contribution is -1.97. The molecule has 0 bridgehead atoms. The number of rotatable bonds is 7. The quantitative estimate of drug-likeness (QED) is 0.623. The van der Waals surface area contributed by atoms with Gasteiger partial charge < -0.3 is 19.0 Å². The summed E-state index contributed by atoms with van der Waals surface area (Å²) < 4.78 is 16.5. The standard InChI is InChI=1S/C19H17NO5S/c1-23-14-9-8-13(10-15(14)24-2)18-17(12-6-4-3-5-7-12)20-19(25-18)26-11-16(21)22/h3-10H,11H2,1-2H3,(H,21,22). The van der Waals surface area contributed by atoms with Gasteiger partial charge in [0.05, 0.1) is 14.2 Å². The Morgan fingerprint density at radius 3 is 2.46 bits per heavy atom. The van der Waals surface area contributed by atoms with E-state index < -0.39 is 5.97 Å². The van der Waals surface area contributed by atoms with Gasteiger partial charge in [0.25, 0.3) is 5.22 Å². The van der Waals surface area contributed by atoms with Gasteiger partial charge >= 0.3 is 5.97 Å². The van der Waals surface area contributed by atoms with Gasteiger partial charge in [0, 0.05) is 11.1 Å². The van der Waals surface area contributed by atoms with Gasteiger partial charge in [0.1, 0.15) is 11.4 Å². The summed E-state index contributed by atoms with van der Waals surface area (Å²) in [5.74, 6) is 0.671. The minimum absolute atomic E-state index is 0.125. The van der Waals surface area contributed by atoms with Gasteiger partial charge in [0.2, 0.25) is 0 Å². The summed E-state index contributed by atoms with van der Waals surface area (Å²) >= 11 is 1.04. The predicted octanol–water partition coefficient (Wildman–Crippen LogP) is 4.20. The maximum atomic E-state index is 10.8. The third-order valence-corrected chi connectivity index (χ3v) is 4.43. The highest BCUT2D eigenvalue weighted by atomic mass is 32.2. The Kier molecular flexibility index (Phi) is 5.48. The lowest BCUT2D eigenvalue weighted by molar-refractivity contribution is -0.133. The van der Waals surface area contributed by atoms with Crippen LogP contribution in [0.15, 0.2) is 58.2 Å². The van der Waals surface area contributed by atoms with E-state index in [2.05, 4.69) is 4.98 Å². The molecule has 0 saturated carbocycles. The molecule has 7 heteroatoms. The number of hydrogen-bond acceptors (Lipinski definition) is 6. The largest absolute Gasteiger partial charge is 0.493 e. The SMILES string of the molecule is COc1ccc(-c2oc(SCC(=O)O)nc2-c2ccccc2)cc1OC. The second-order valence-corrected chi connectivity index (χ2v) is 6.20. The third kappa shape index (κ3) is 3.83. The van der Waals surface area contributed by atoms with Crippen molar-refractivity contribution in [1.82, 2.24) is 4.98 Å². The smallest absolute Gasteiger partial charge is 0.314 e. The molecule has 0 aliphatic heterocycles. The summed E-state index contributed by atoms with van der Waals surface area (Å²) in [6.45, 7) is 0. The first-order chi connectivity index (χ1) is 12.6. The summed E-state index contributed by atoms with van der Waals surface area (Å²) in [6.07, 6.45) is 0. The fourth-order valence-electron chi connectivity index (χ4n) is 2.45. The Labute approximate surface area is 154 Å². The van der Waals surface area contributed by atoms with E-state index in [-0.39, 0.29) is 5.75 Å². The molecule has 3 aromatic rings. The van der Waals surface area contributed by atoms with Crippen molar-refractivity contribution in [1.29, 1.82) is 0 Å². The molecule has 0 fully saturated rings. The van der Waals surface area contributed by atoms with Gasteiger partial charge in [0.15, 0.2) is 17.3 Å². The van der Waals surface area contributed by atoms with E-state index in [1.807, 2.05) is 36.4 Å². The molecule has 2 aromatic carbocycles. The molecule has 26 heavy (non-hydrogen) atoms. The molecule has 0 unspecified atom stereocenters. The van der Waals surface area contributed by atoms with Crippen LogP contribution in [-0.2, 0) is 4.79 Å². The Bertz CT molecular complexity index is 908. The van der Waals surface area contributed by atoms with Gasteiger partial charge in [-0.2, -0.15) is 0 Å². The molecular weight excluding hydrogens is 354 g/mol. The Morgan fingerprint density at radius 1 is 1.08 bits per heavy atom. The molecule has 1 aromatic heterocycles. The second kappa shape index (κ2) is 7.97. The molecule has 0 spiro atoms. The lowest BCUT2D eigenvalue weighted by Gasteiger charge is -2.09. The van der Waals surface area contributed by atoms with Crippen LogP contribution in [0.1, 0.15) is 0 Å². The van der Waals surface area contributed by atoms with Crippen molar-refractivity contribution in [3.05, 3.63) is 48.5 Å². The average molecular weight is 371 g/mol. The van der Waals surface area contributed by atoms with Crippen molar-refractivity contribution in [2.45, 2.75) is 5.22 Å². The molecule has 0 aliphatic carbocycles. The molecule has 134 valence electrons. The highest BCUT2D eigenvalue weighted by Gasteiger charge is 2.19. The van der Waals surface area contributed by atoms with E-state index in [0.29, 0.717) is 28.2 Å². The van der Waals surface area contributed by atoms with Gasteiger partial charge in [-0.15, -0.1) is 0 Å². The zero-order chi connectivity index (χ0) is 18.5. The number of carbonyl (C=O) groups is 1. The molecule has 1 N–H and O–H groups in total. The number of carboxylic acid groups (broad SMARTS) is 1. The highest BCUT2D eigenvalue weighted by Crippen LogP contribution is 2.39. The van der Waals surface area contributed by atoms with Crippen LogP contribution in [0.25, 0.3) is 22.6 Å². The Balaban J connectivity index is 2.08. The summed E-state index contributed by atoms with van der Waals surface area (Å²) in [5, 5.41) is 9.19. The third-order valence-electron chi connectivity index (χ3n) is 3.62. The van der Waals surface area contributed by atoms with Crippen LogP contribution < -0.4 is 9.47 Å². The van der Waals surface area contributed by atoms with E-state index in [1.54, 1.807) is 26.4 Å². The first-order valence-corrected chi connectivity index (χ1v) is 8.74. The van der Waals surface area contributed by atoms with Gasteiger partial charge in [-0.25, -0.2) is 4.98 Å². The van der Waals surface area contributed by atoms with E-state index in [4.69, 9.17) is 19.0 Å². The first-order valence-electron chi connectivity index (χ1n) is 7.75. The molecule has 0 saturated heterocycles. The van der Waals surface area contributed by atoms with Crippen molar-refractivity contribution < 1.29 is 23.8 Å². The number of hydrogen-bond donors (Lipinski definition) is 1. The van der Waals surface area contributed by atoms with E-state index in [1.165, 1.54) is 0 Å². The lowest BCUT2D eigenvalue weighted by atomic mass is 10.1. The number of ether oxygens (including phenoxy) is 2. The van der Waals surface area contributed by atoms with Crippen molar-refractivity contribution in [3.63, 3.8) is 0 Å². The van der Waals surface area contributed by atoms with Crippen LogP contribution in [0.5, 0.6) is 11.5 Å². The number of aromatic nitrogens is 1. The minimum atomic E-state index is -0.929. The van der Waals surface area contributed by atoms with Crippen molar-refractivity contribution in [2.24, 2.45) is 0 Å². The number of methoxy groups -OCH3 is 2. The van der Waals surface area contributed by atoms with E-state index in [9.17, 15) is 4.79 Å². The van der Waals surface area contributed by atoms with Crippen LogP contribution in [0.2, 0.25) is 0 Å². The van der Waals surface area contributed by atoms with E-state index in [0.717, 1.165) is 22.9 Å². The molecule has 0 radical (unpaired) electrons. The number of aliphatic carboxylic acids is 1. The Hall–Kier alpha value is -2.93. The van der Waals surface area contributed by atoms with Crippen molar-refractivity contribution >= 4 is 17.7 Å². The number of nitrogens with zero attached hydrogens (tertiary/aromatic N) is 1. The number of benzene rings is 2. The van der Waals surface area contributed by atoms with Crippen molar-refractivity contribution in [2.75, 3.05) is 20.0 Å². The summed E-state index contributed by atoms with van der Waals surface area (Å²) in [4.78, 5) is 15.3. The normalized spacial score (nSPS) is 10.5. The molecular formula is C19H17NO5S. The fourth-order valence-corrected chi connectivity index (χ4v) is 3.00. The molecule has 1 heterocycles. The van der Waals surface area contributed by atoms with Crippen LogP contribution in [0.3, 0.4) is 0 Å². The summed E-state index contributed by atoms with van der Waals surface area (Å²) in [6, 6.07) is 15.0. The first kappa shape index (κ1) is 17.9. The summed E-state index contributed by atoms with van der Waals surface area (Å²) in [5.41, 5.74) is 2.28. The van der Waals surface area contributed by atoms with Gasteiger partial charge in [-0.1, -0.05) is 42.1 Å². The Morgan fingerprint density at radius 2 is 1.81 bits per heavy atom. The molecule has 6 nitrogen and oxygen atoms in total. The minimum Gasteiger partial charge on any atom is -0.493 e. The van der Waals surface area contributed by atoms with Gasteiger partial charge in [-0.3, -0.25) is 4.79 Å². The molecule has 0 atom stereocenters. The monoisotopic (exact) mass is 371 g/mol. The number of oxazole rings is 1. The zero-order valence-corrected chi connectivity index (χ0v) is 15.1. The van der Waals surface area contributed by atoms with E-state index >= 15 is 0 Å². The van der Waals surface area contributed by atoms with Crippen LogP contribution in [-0.4, -0.2) is 36.0 Å².